The first-order valence-corrected chi connectivity index (χ1v) is 4.64. The van der Waals surface area contributed by atoms with Crippen molar-refractivity contribution in [2.75, 3.05) is 13.7 Å². The molecule has 0 fully saturated rings. The lowest BCUT2D eigenvalue weighted by Crippen LogP contribution is -2.25. The van der Waals surface area contributed by atoms with Gasteiger partial charge in [-0.2, -0.15) is 0 Å². The van der Waals surface area contributed by atoms with Crippen LogP contribution in [0.2, 0.25) is 0 Å². The lowest BCUT2D eigenvalue weighted by atomic mass is 10.2. The molecule has 0 atom stereocenters. The summed E-state index contributed by atoms with van der Waals surface area (Å²) in [7, 11) is 1.58. The number of ether oxygens (including phenoxy) is 1. The van der Waals surface area contributed by atoms with Crippen molar-refractivity contribution in [1.82, 2.24) is 15.0 Å². The smallest absolute Gasteiger partial charge is 0.277 e. The Balaban J connectivity index is 2.51. The predicted octanol–water partition coefficient (Wildman–Crippen LogP) is 0.438. The van der Waals surface area contributed by atoms with Gasteiger partial charge in [-0.05, 0) is 12.1 Å². The normalized spacial score (nSPS) is 10.7. The Morgan fingerprint density at radius 3 is 3.00 bits per heavy atom. The molecule has 1 aromatic carbocycles. The molecule has 0 amide bonds. The molecule has 0 aliphatic heterocycles. The van der Waals surface area contributed by atoms with Crippen LogP contribution in [0.25, 0.3) is 10.9 Å². The summed E-state index contributed by atoms with van der Waals surface area (Å²) in [6.07, 6.45) is 0. The van der Waals surface area contributed by atoms with Crippen molar-refractivity contribution in [1.29, 1.82) is 0 Å². The van der Waals surface area contributed by atoms with Gasteiger partial charge in [-0.15, -0.1) is 5.10 Å². The first kappa shape index (κ1) is 9.79. The molecule has 0 spiro atoms. The van der Waals surface area contributed by atoms with Crippen molar-refractivity contribution in [3.8, 4) is 0 Å². The summed E-state index contributed by atoms with van der Waals surface area (Å²) in [5, 5.41) is 8.36. The highest BCUT2D eigenvalue weighted by molar-refractivity contribution is 5.76. The molecule has 0 aliphatic carbocycles. The molecule has 15 heavy (non-hydrogen) atoms. The van der Waals surface area contributed by atoms with Crippen molar-refractivity contribution in [3.63, 3.8) is 0 Å². The van der Waals surface area contributed by atoms with Crippen molar-refractivity contribution < 1.29 is 4.74 Å². The van der Waals surface area contributed by atoms with E-state index in [-0.39, 0.29) is 5.56 Å². The molecule has 0 saturated carbocycles. The van der Waals surface area contributed by atoms with E-state index in [1.165, 1.54) is 4.68 Å². The van der Waals surface area contributed by atoms with Gasteiger partial charge in [0.25, 0.3) is 5.56 Å². The van der Waals surface area contributed by atoms with Gasteiger partial charge >= 0.3 is 0 Å². The van der Waals surface area contributed by atoms with Crippen LogP contribution in [0.5, 0.6) is 0 Å². The lowest BCUT2D eigenvalue weighted by molar-refractivity contribution is 0.181. The van der Waals surface area contributed by atoms with E-state index in [1.807, 2.05) is 12.1 Å². The second-order valence-electron chi connectivity index (χ2n) is 3.13. The second-order valence-corrected chi connectivity index (χ2v) is 3.13. The average Bonchev–Trinajstić information content (AvgIpc) is 2.29. The van der Waals surface area contributed by atoms with E-state index in [2.05, 4.69) is 10.3 Å². The molecule has 5 nitrogen and oxygen atoms in total. The number of aromatic nitrogens is 3. The summed E-state index contributed by atoms with van der Waals surface area (Å²) in [4.78, 5) is 11.8. The zero-order chi connectivity index (χ0) is 10.7. The SMILES string of the molecule is COCCn1nnc2ccccc2c1=O. The first-order chi connectivity index (χ1) is 7.33. The van der Waals surface area contributed by atoms with Crippen LogP contribution in [0, 0.1) is 0 Å². The minimum Gasteiger partial charge on any atom is -0.383 e. The van der Waals surface area contributed by atoms with Gasteiger partial charge in [0.1, 0.15) is 5.52 Å². The number of hydrogen-bond acceptors (Lipinski definition) is 4. The zero-order valence-electron chi connectivity index (χ0n) is 8.38. The molecule has 0 unspecified atom stereocenters. The standard InChI is InChI=1S/C10H11N3O2/c1-15-7-6-13-10(14)8-4-2-3-5-9(8)11-12-13/h2-5H,6-7H2,1H3. The highest BCUT2D eigenvalue weighted by Gasteiger charge is 2.03. The van der Waals surface area contributed by atoms with Gasteiger partial charge in [-0.1, -0.05) is 17.3 Å². The molecule has 78 valence electrons. The molecule has 2 rings (SSSR count). The monoisotopic (exact) mass is 205 g/mol. The number of methoxy groups -OCH3 is 1. The third kappa shape index (κ3) is 1.87. The van der Waals surface area contributed by atoms with Gasteiger partial charge in [0.05, 0.1) is 18.5 Å². The summed E-state index contributed by atoms with van der Waals surface area (Å²) >= 11 is 0. The number of fused-ring (bicyclic) bond motifs is 1. The molecule has 1 aromatic heterocycles. The zero-order valence-corrected chi connectivity index (χ0v) is 8.38. The Labute approximate surface area is 86.3 Å². The highest BCUT2D eigenvalue weighted by atomic mass is 16.5. The van der Waals surface area contributed by atoms with Gasteiger partial charge in [-0.25, -0.2) is 4.68 Å². The molecule has 0 radical (unpaired) electrons. The minimum absolute atomic E-state index is 0.127. The molecule has 0 aliphatic rings. The van der Waals surface area contributed by atoms with Gasteiger partial charge in [0, 0.05) is 7.11 Å². The number of nitrogens with zero attached hydrogens (tertiary/aromatic N) is 3. The van der Waals surface area contributed by atoms with Crippen molar-refractivity contribution in [2.24, 2.45) is 0 Å². The van der Waals surface area contributed by atoms with Crippen molar-refractivity contribution in [3.05, 3.63) is 34.6 Å². The quantitative estimate of drug-likeness (QED) is 0.729. The van der Waals surface area contributed by atoms with E-state index in [1.54, 1.807) is 19.2 Å². The number of hydrogen-bond donors (Lipinski definition) is 0. The van der Waals surface area contributed by atoms with Crippen LogP contribution in [0.4, 0.5) is 0 Å². The van der Waals surface area contributed by atoms with E-state index in [0.717, 1.165) is 0 Å². The Morgan fingerprint density at radius 2 is 2.20 bits per heavy atom. The molecule has 0 bridgehead atoms. The Bertz CT molecular complexity index is 521. The van der Waals surface area contributed by atoms with Crippen LogP contribution >= 0.6 is 0 Å². The summed E-state index contributed by atoms with van der Waals surface area (Å²) in [6, 6.07) is 7.15. The Hall–Kier alpha value is -1.75. The van der Waals surface area contributed by atoms with Gasteiger partial charge in [0.2, 0.25) is 0 Å². The summed E-state index contributed by atoms with van der Waals surface area (Å²) in [5.41, 5.74) is 0.494. The fourth-order valence-electron chi connectivity index (χ4n) is 1.35. The van der Waals surface area contributed by atoms with Gasteiger partial charge in [0.15, 0.2) is 0 Å². The molecule has 5 heteroatoms. The minimum atomic E-state index is -0.127. The predicted molar refractivity (Wildman–Crippen MR) is 55.7 cm³/mol. The van der Waals surface area contributed by atoms with Crippen LogP contribution in [-0.2, 0) is 11.3 Å². The lowest BCUT2D eigenvalue weighted by Gasteiger charge is -2.03. The molecule has 0 saturated heterocycles. The highest BCUT2D eigenvalue weighted by Crippen LogP contribution is 2.02. The van der Waals surface area contributed by atoms with E-state index < -0.39 is 0 Å². The maximum absolute atomic E-state index is 11.8. The van der Waals surface area contributed by atoms with E-state index in [4.69, 9.17) is 4.74 Å². The van der Waals surface area contributed by atoms with Crippen LogP contribution in [0.1, 0.15) is 0 Å². The molecular weight excluding hydrogens is 194 g/mol. The Kier molecular flexibility index (Phi) is 2.73. The molecule has 0 N–H and O–H groups in total. The number of benzene rings is 1. The van der Waals surface area contributed by atoms with Crippen LogP contribution < -0.4 is 5.56 Å². The number of rotatable bonds is 3. The van der Waals surface area contributed by atoms with Crippen molar-refractivity contribution >= 4 is 10.9 Å². The maximum atomic E-state index is 11.8. The largest absolute Gasteiger partial charge is 0.383 e. The summed E-state index contributed by atoms with van der Waals surface area (Å²) in [6.45, 7) is 0.875. The molecule has 2 aromatic rings. The fraction of sp³-hybridized carbons (Fsp3) is 0.300. The summed E-state index contributed by atoms with van der Waals surface area (Å²) < 4.78 is 6.20. The molecular formula is C10H11N3O2. The maximum Gasteiger partial charge on any atom is 0.277 e. The van der Waals surface area contributed by atoms with E-state index in [0.29, 0.717) is 24.1 Å². The second kappa shape index (κ2) is 4.18. The van der Waals surface area contributed by atoms with E-state index in [9.17, 15) is 4.79 Å². The third-order valence-corrected chi connectivity index (χ3v) is 2.14. The fourth-order valence-corrected chi connectivity index (χ4v) is 1.35. The van der Waals surface area contributed by atoms with Crippen LogP contribution in [0.15, 0.2) is 29.1 Å². The van der Waals surface area contributed by atoms with E-state index >= 15 is 0 Å². The van der Waals surface area contributed by atoms with Crippen LogP contribution in [-0.4, -0.2) is 28.7 Å². The first-order valence-electron chi connectivity index (χ1n) is 4.64. The average molecular weight is 205 g/mol. The topological polar surface area (TPSA) is 57.0 Å². The van der Waals surface area contributed by atoms with Gasteiger partial charge < -0.3 is 4.74 Å². The summed E-state index contributed by atoms with van der Waals surface area (Å²) in [5.74, 6) is 0. The Morgan fingerprint density at radius 1 is 1.40 bits per heavy atom. The van der Waals surface area contributed by atoms with Crippen molar-refractivity contribution in [2.45, 2.75) is 6.54 Å². The van der Waals surface area contributed by atoms with Crippen LogP contribution in [0.3, 0.4) is 0 Å². The van der Waals surface area contributed by atoms with Gasteiger partial charge in [-0.3, -0.25) is 4.79 Å². The molecule has 1 heterocycles. The third-order valence-electron chi connectivity index (χ3n) is 2.14.